The van der Waals surface area contributed by atoms with Gasteiger partial charge in [-0.3, -0.25) is 0 Å². The lowest BCUT2D eigenvalue weighted by Gasteiger charge is -2.18. The Balaban J connectivity index is 1.72. The van der Waals surface area contributed by atoms with Gasteiger partial charge in [-0.1, -0.05) is 45.0 Å². The second kappa shape index (κ2) is 7.31. The van der Waals surface area contributed by atoms with Crippen molar-refractivity contribution in [3.63, 3.8) is 0 Å². The summed E-state index contributed by atoms with van der Waals surface area (Å²) in [6, 6.07) is 17.1. The minimum atomic E-state index is -0.441. The second-order valence-electron chi connectivity index (χ2n) is 7.77. The summed E-state index contributed by atoms with van der Waals surface area (Å²) in [6.07, 6.45) is 0. The van der Waals surface area contributed by atoms with E-state index in [2.05, 4.69) is 56.9 Å². The highest BCUT2D eigenvalue weighted by atomic mass is 16.5. The van der Waals surface area contributed by atoms with Crippen molar-refractivity contribution in [1.82, 2.24) is 10.2 Å². The van der Waals surface area contributed by atoms with Crippen LogP contribution < -0.4 is 4.74 Å². The zero-order chi connectivity index (χ0) is 19.6. The van der Waals surface area contributed by atoms with Crippen LogP contribution in [0.2, 0.25) is 0 Å². The van der Waals surface area contributed by atoms with Crippen molar-refractivity contribution in [2.45, 2.75) is 40.0 Å². The molecule has 0 radical (unpaired) electrons. The summed E-state index contributed by atoms with van der Waals surface area (Å²) >= 11 is 0. The van der Waals surface area contributed by atoms with E-state index in [0.717, 1.165) is 16.8 Å². The normalized spacial score (nSPS) is 11.3. The Morgan fingerprint density at radius 2 is 1.56 bits per heavy atom. The molecule has 0 spiro atoms. The fourth-order valence-electron chi connectivity index (χ4n) is 2.69. The quantitative estimate of drug-likeness (QED) is 0.597. The Kier molecular flexibility index (Phi) is 5.08. The summed E-state index contributed by atoms with van der Waals surface area (Å²) in [5.74, 6) is -0.254. The molecule has 0 aliphatic carbocycles. The number of rotatable bonds is 3. The van der Waals surface area contributed by atoms with Gasteiger partial charge in [-0.05, 0) is 60.2 Å². The summed E-state index contributed by atoms with van der Waals surface area (Å²) in [7, 11) is 0. The third-order valence-electron chi connectivity index (χ3n) is 4.63. The number of hydrogen-bond acceptors (Lipinski definition) is 4. The van der Waals surface area contributed by atoms with Gasteiger partial charge >= 0.3 is 5.97 Å². The molecule has 0 saturated heterocycles. The van der Waals surface area contributed by atoms with Crippen molar-refractivity contribution < 1.29 is 9.53 Å². The first-order valence-electron chi connectivity index (χ1n) is 8.98. The van der Waals surface area contributed by atoms with Crippen molar-refractivity contribution in [3.8, 4) is 17.1 Å². The second-order valence-corrected chi connectivity index (χ2v) is 7.77. The lowest BCUT2D eigenvalue weighted by atomic mass is 9.87. The van der Waals surface area contributed by atoms with E-state index in [1.54, 1.807) is 18.2 Å². The standard InChI is InChI=1S/C23H24N2O2/c1-15-6-7-18(14-16(15)2)20-12-13-21(25-24-20)27-22(26)17-8-10-19(11-9-17)23(3,4)5/h6-14H,1-5H3. The monoisotopic (exact) mass is 360 g/mol. The number of carbonyl (C=O) groups excluding carboxylic acids is 1. The van der Waals surface area contributed by atoms with E-state index in [1.807, 2.05) is 24.3 Å². The summed E-state index contributed by atoms with van der Waals surface area (Å²) in [6.45, 7) is 10.5. The first-order valence-corrected chi connectivity index (χ1v) is 8.98. The fourth-order valence-corrected chi connectivity index (χ4v) is 2.69. The molecule has 1 aromatic heterocycles. The molecule has 1 heterocycles. The van der Waals surface area contributed by atoms with Crippen LogP contribution in [0.3, 0.4) is 0 Å². The number of hydrogen-bond donors (Lipinski definition) is 0. The van der Waals surface area contributed by atoms with Crippen LogP contribution in [0.5, 0.6) is 5.88 Å². The van der Waals surface area contributed by atoms with Crippen LogP contribution in [-0.2, 0) is 5.41 Å². The third-order valence-corrected chi connectivity index (χ3v) is 4.63. The van der Waals surface area contributed by atoms with Crippen molar-refractivity contribution >= 4 is 5.97 Å². The molecule has 0 bridgehead atoms. The zero-order valence-electron chi connectivity index (χ0n) is 16.4. The van der Waals surface area contributed by atoms with E-state index in [-0.39, 0.29) is 11.3 Å². The van der Waals surface area contributed by atoms with Gasteiger partial charge in [0.25, 0.3) is 0 Å². The molecule has 4 heteroatoms. The Hall–Kier alpha value is -3.01. The highest BCUT2D eigenvalue weighted by Crippen LogP contribution is 2.23. The van der Waals surface area contributed by atoms with Gasteiger partial charge in [0.15, 0.2) is 0 Å². The van der Waals surface area contributed by atoms with Crippen LogP contribution in [0, 0.1) is 13.8 Å². The molecular weight excluding hydrogens is 336 g/mol. The Bertz CT molecular complexity index is 953. The van der Waals surface area contributed by atoms with Gasteiger partial charge in [0.2, 0.25) is 5.88 Å². The number of benzene rings is 2. The average molecular weight is 360 g/mol. The molecule has 3 aromatic rings. The van der Waals surface area contributed by atoms with Gasteiger partial charge in [0.1, 0.15) is 0 Å². The lowest BCUT2D eigenvalue weighted by Crippen LogP contribution is -2.13. The van der Waals surface area contributed by atoms with E-state index in [4.69, 9.17) is 4.74 Å². The van der Waals surface area contributed by atoms with Crippen LogP contribution >= 0.6 is 0 Å². The Morgan fingerprint density at radius 3 is 2.11 bits per heavy atom. The molecule has 27 heavy (non-hydrogen) atoms. The SMILES string of the molecule is Cc1ccc(-c2ccc(OC(=O)c3ccc(C(C)(C)C)cc3)nn2)cc1C. The molecule has 0 saturated carbocycles. The minimum Gasteiger partial charge on any atom is -0.402 e. The molecule has 0 unspecified atom stereocenters. The molecule has 0 aliphatic heterocycles. The van der Waals surface area contributed by atoms with Gasteiger partial charge in [-0.2, -0.15) is 0 Å². The van der Waals surface area contributed by atoms with E-state index < -0.39 is 5.97 Å². The van der Waals surface area contributed by atoms with Crippen LogP contribution in [-0.4, -0.2) is 16.2 Å². The van der Waals surface area contributed by atoms with E-state index in [1.165, 1.54) is 11.1 Å². The van der Waals surface area contributed by atoms with E-state index >= 15 is 0 Å². The number of aryl methyl sites for hydroxylation is 2. The number of nitrogens with zero attached hydrogens (tertiary/aromatic N) is 2. The smallest absolute Gasteiger partial charge is 0.344 e. The molecule has 3 rings (SSSR count). The molecule has 4 nitrogen and oxygen atoms in total. The largest absolute Gasteiger partial charge is 0.402 e. The third kappa shape index (κ3) is 4.40. The Labute approximate surface area is 160 Å². The molecular formula is C23H24N2O2. The van der Waals surface area contributed by atoms with Gasteiger partial charge in [0, 0.05) is 11.6 Å². The van der Waals surface area contributed by atoms with Crippen molar-refractivity contribution in [2.75, 3.05) is 0 Å². The van der Waals surface area contributed by atoms with Gasteiger partial charge in [0.05, 0.1) is 11.3 Å². The van der Waals surface area contributed by atoms with Crippen molar-refractivity contribution in [2.24, 2.45) is 0 Å². The van der Waals surface area contributed by atoms with Crippen LogP contribution in [0.4, 0.5) is 0 Å². The molecule has 0 amide bonds. The minimum absolute atomic E-state index is 0.0398. The number of ether oxygens (including phenoxy) is 1. The van der Waals surface area contributed by atoms with Crippen molar-refractivity contribution in [1.29, 1.82) is 0 Å². The average Bonchev–Trinajstić information content (AvgIpc) is 2.64. The number of aromatic nitrogens is 2. The highest BCUT2D eigenvalue weighted by molar-refractivity contribution is 5.90. The van der Waals surface area contributed by atoms with Gasteiger partial charge < -0.3 is 4.74 Å². The molecule has 0 aliphatic rings. The fraction of sp³-hybridized carbons (Fsp3) is 0.261. The molecule has 0 atom stereocenters. The maximum Gasteiger partial charge on any atom is 0.344 e. The topological polar surface area (TPSA) is 52.1 Å². The molecule has 2 aromatic carbocycles. The lowest BCUT2D eigenvalue weighted by molar-refractivity contribution is 0.0726. The van der Waals surface area contributed by atoms with Gasteiger partial charge in [-0.25, -0.2) is 4.79 Å². The maximum absolute atomic E-state index is 12.3. The summed E-state index contributed by atoms with van der Waals surface area (Å²) < 4.78 is 5.35. The first-order chi connectivity index (χ1) is 12.7. The summed E-state index contributed by atoms with van der Waals surface area (Å²) in [5, 5.41) is 8.22. The number of esters is 1. The van der Waals surface area contributed by atoms with Crippen LogP contribution in [0.15, 0.2) is 54.6 Å². The molecule has 0 fully saturated rings. The zero-order valence-corrected chi connectivity index (χ0v) is 16.4. The van der Waals surface area contributed by atoms with E-state index in [9.17, 15) is 4.79 Å². The first kappa shape index (κ1) is 18.8. The highest BCUT2D eigenvalue weighted by Gasteiger charge is 2.15. The van der Waals surface area contributed by atoms with E-state index in [0.29, 0.717) is 5.56 Å². The summed E-state index contributed by atoms with van der Waals surface area (Å²) in [5.41, 5.74) is 5.85. The Morgan fingerprint density at radius 1 is 0.852 bits per heavy atom. The van der Waals surface area contributed by atoms with Crippen LogP contribution in [0.25, 0.3) is 11.3 Å². The van der Waals surface area contributed by atoms with Crippen LogP contribution in [0.1, 0.15) is 47.8 Å². The number of carbonyl (C=O) groups is 1. The van der Waals surface area contributed by atoms with Crippen molar-refractivity contribution in [3.05, 3.63) is 76.9 Å². The maximum atomic E-state index is 12.3. The molecule has 138 valence electrons. The van der Waals surface area contributed by atoms with Gasteiger partial charge in [-0.15, -0.1) is 10.2 Å². The summed E-state index contributed by atoms with van der Waals surface area (Å²) in [4.78, 5) is 12.3. The predicted molar refractivity (Wildman–Crippen MR) is 107 cm³/mol. The predicted octanol–water partition coefficient (Wildman–Crippen LogP) is 5.28. The molecule has 0 N–H and O–H groups in total.